The smallest absolute Gasteiger partial charge is 0.0218 e. The molecule has 2 heteroatoms. The molecule has 1 N–H and O–H groups in total. The van der Waals surface area contributed by atoms with Crippen molar-refractivity contribution in [2.75, 3.05) is 19.6 Å². The molecule has 3 atom stereocenters. The Labute approximate surface area is 124 Å². The standard InChI is InChI=1S/C18H30N2/c1-14(2)18-13-20(16(4)12-19-18)11-10-15(3)17-8-6-5-7-9-17/h5-9,14-16,18-19H,10-13H2,1-4H3. The monoisotopic (exact) mass is 274 g/mol. The van der Waals surface area contributed by atoms with E-state index in [2.05, 4.69) is 68.2 Å². The lowest BCUT2D eigenvalue weighted by atomic mass is 9.95. The Bertz CT molecular complexity index is 388. The third-order valence-corrected chi connectivity index (χ3v) is 4.75. The van der Waals surface area contributed by atoms with Crippen LogP contribution in [0.1, 0.15) is 45.6 Å². The Morgan fingerprint density at radius 1 is 1.20 bits per heavy atom. The minimum atomic E-state index is 0.649. The van der Waals surface area contributed by atoms with E-state index in [1.165, 1.54) is 25.1 Å². The van der Waals surface area contributed by atoms with Crippen LogP contribution in [-0.2, 0) is 0 Å². The highest BCUT2D eigenvalue weighted by atomic mass is 15.2. The highest BCUT2D eigenvalue weighted by Crippen LogP contribution is 2.21. The maximum absolute atomic E-state index is 3.68. The summed E-state index contributed by atoms with van der Waals surface area (Å²) < 4.78 is 0. The summed E-state index contributed by atoms with van der Waals surface area (Å²) in [5, 5.41) is 3.68. The van der Waals surface area contributed by atoms with Crippen molar-refractivity contribution < 1.29 is 0 Å². The molecule has 0 saturated carbocycles. The van der Waals surface area contributed by atoms with E-state index in [0.717, 1.165) is 12.5 Å². The van der Waals surface area contributed by atoms with Gasteiger partial charge in [0.25, 0.3) is 0 Å². The maximum Gasteiger partial charge on any atom is 0.0218 e. The zero-order chi connectivity index (χ0) is 14.5. The van der Waals surface area contributed by atoms with Crippen LogP contribution in [0.5, 0.6) is 0 Å². The lowest BCUT2D eigenvalue weighted by molar-refractivity contribution is 0.120. The minimum Gasteiger partial charge on any atom is -0.311 e. The first-order valence-corrected chi connectivity index (χ1v) is 8.10. The van der Waals surface area contributed by atoms with Crippen LogP contribution in [0, 0.1) is 5.92 Å². The Balaban J connectivity index is 1.86. The maximum atomic E-state index is 3.68. The summed E-state index contributed by atoms with van der Waals surface area (Å²) in [4.78, 5) is 2.67. The third-order valence-electron chi connectivity index (χ3n) is 4.75. The molecule has 0 aromatic heterocycles. The summed E-state index contributed by atoms with van der Waals surface area (Å²) in [7, 11) is 0. The third kappa shape index (κ3) is 4.07. The zero-order valence-corrected chi connectivity index (χ0v) is 13.5. The number of hydrogen-bond acceptors (Lipinski definition) is 2. The van der Waals surface area contributed by atoms with Crippen molar-refractivity contribution in [2.24, 2.45) is 5.92 Å². The molecule has 1 aromatic rings. The summed E-state index contributed by atoms with van der Waals surface area (Å²) in [6, 6.07) is 12.2. The average molecular weight is 274 g/mol. The molecule has 20 heavy (non-hydrogen) atoms. The fraction of sp³-hybridized carbons (Fsp3) is 0.667. The number of nitrogens with one attached hydrogen (secondary N) is 1. The summed E-state index contributed by atoms with van der Waals surface area (Å²) >= 11 is 0. The Morgan fingerprint density at radius 3 is 2.55 bits per heavy atom. The molecule has 3 unspecified atom stereocenters. The molecule has 1 aliphatic heterocycles. The SMILES string of the molecule is CC(CCN1CC(C(C)C)NCC1C)c1ccccc1. The van der Waals surface area contributed by atoms with Gasteiger partial charge in [0.1, 0.15) is 0 Å². The van der Waals surface area contributed by atoms with Crippen molar-refractivity contribution in [3.63, 3.8) is 0 Å². The van der Waals surface area contributed by atoms with Gasteiger partial charge in [-0.3, -0.25) is 4.90 Å². The summed E-state index contributed by atoms with van der Waals surface area (Å²) in [5.41, 5.74) is 1.47. The molecule has 1 heterocycles. The largest absolute Gasteiger partial charge is 0.311 e. The highest BCUT2D eigenvalue weighted by Gasteiger charge is 2.26. The first kappa shape index (κ1) is 15.5. The van der Waals surface area contributed by atoms with Crippen molar-refractivity contribution in [3.05, 3.63) is 35.9 Å². The van der Waals surface area contributed by atoms with Gasteiger partial charge in [-0.1, -0.05) is 51.1 Å². The molecule has 0 spiro atoms. The van der Waals surface area contributed by atoms with Gasteiger partial charge in [-0.05, 0) is 37.3 Å². The Hall–Kier alpha value is -0.860. The van der Waals surface area contributed by atoms with Crippen LogP contribution >= 0.6 is 0 Å². The first-order chi connectivity index (χ1) is 9.58. The van der Waals surface area contributed by atoms with E-state index < -0.39 is 0 Å². The molecular weight excluding hydrogens is 244 g/mol. The second kappa shape index (κ2) is 7.24. The molecule has 1 aliphatic rings. The van der Waals surface area contributed by atoms with Crippen LogP contribution < -0.4 is 5.32 Å². The summed E-state index contributed by atoms with van der Waals surface area (Å²) in [6.45, 7) is 12.9. The van der Waals surface area contributed by atoms with Gasteiger partial charge in [0.05, 0.1) is 0 Å². The number of piperazine rings is 1. The Morgan fingerprint density at radius 2 is 1.90 bits per heavy atom. The van der Waals surface area contributed by atoms with Crippen LogP contribution in [0.15, 0.2) is 30.3 Å². The second-order valence-electron chi connectivity index (χ2n) is 6.70. The number of benzene rings is 1. The minimum absolute atomic E-state index is 0.649. The van der Waals surface area contributed by atoms with Crippen molar-refractivity contribution in [1.29, 1.82) is 0 Å². The van der Waals surface area contributed by atoms with Crippen LogP contribution in [0.3, 0.4) is 0 Å². The van der Waals surface area contributed by atoms with E-state index >= 15 is 0 Å². The molecule has 0 radical (unpaired) electrons. The molecule has 2 rings (SSSR count). The second-order valence-corrected chi connectivity index (χ2v) is 6.70. The Kier molecular flexibility index (Phi) is 5.62. The first-order valence-electron chi connectivity index (χ1n) is 8.10. The van der Waals surface area contributed by atoms with E-state index in [1.807, 2.05) is 0 Å². The van der Waals surface area contributed by atoms with Crippen molar-refractivity contribution in [3.8, 4) is 0 Å². The number of nitrogens with zero attached hydrogens (tertiary/aromatic N) is 1. The van der Waals surface area contributed by atoms with E-state index in [1.54, 1.807) is 0 Å². The number of hydrogen-bond donors (Lipinski definition) is 1. The van der Waals surface area contributed by atoms with Crippen molar-refractivity contribution >= 4 is 0 Å². The zero-order valence-electron chi connectivity index (χ0n) is 13.5. The molecule has 0 amide bonds. The van der Waals surface area contributed by atoms with Gasteiger partial charge in [-0.2, -0.15) is 0 Å². The summed E-state index contributed by atoms with van der Waals surface area (Å²) in [6.07, 6.45) is 1.25. The van der Waals surface area contributed by atoms with Crippen LogP contribution in [0.4, 0.5) is 0 Å². The lowest BCUT2D eigenvalue weighted by Crippen LogP contribution is -2.57. The molecule has 2 nitrogen and oxygen atoms in total. The van der Waals surface area contributed by atoms with E-state index in [-0.39, 0.29) is 0 Å². The highest BCUT2D eigenvalue weighted by molar-refractivity contribution is 5.18. The van der Waals surface area contributed by atoms with Gasteiger partial charge >= 0.3 is 0 Å². The van der Waals surface area contributed by atoms with Gasteiger partial charge in [0, 0.05) is 25.2 Å². The molecule has 1 fully saturated rings. The van der Waals surface area contributed by atoms with Crippen LogP contribution in [-0.4, -0.2) is 36.6 Å². The molecule has 112 valence electrons. The van der Waals surface area contributed by atoms with Crippen LogP contribution in [0.25, 0.3) is 0 Å². The van der Waals surface area contributed by atoms with E-state index in [0.29, 0.717) is 18.0 Å². The van der Waals surface area contributed by atoms with Gasteiger partial charge in [0.15, 0.2) is 0 Å². The van der Waals surface area contributed by atoms with Crippen LogP contribution in [0.2, 0.25) is 0 Å². The fourth-order valence-corrected chi connectivity index (χ4v) is 3.01. The molecule has 0 bridgehead atoms. The molecule has 1 aromatic carbocycles. The van der Waals surface area contributed by atoms with Gasteiger partial charge in [-0.25, -0.2) is 0 Å². The van der Waals surface area contributed by atoms with Gasteiger partial charge in [-0.15, -0.1) is 0 Å². The topological polar surface area (TPSA) is 15.3 Å². The predicted octanol–water partition coefficient (Wildman–Crippen LogP) is 3.50. The fourth-order valence-electron chi connectivity index (χ4n) is 3.01. The quantitative estimate of drug-likeness (QED) is 0.884. The van der Waals surface area contributed by atoms with Gasteiger partial charge in [0.2, 0.25) is 0 Å². The lowest BCUT2D eigenvalue weighted by Gasteiger charge is -2.40. The predicted molar refractivity (Wildman–Crippen MR) is 87.1 cm³/mol. The van der Waals surface area contributed by atoms with Gasteiger partial charge < -0.3 is 5.32 Å². The van der Waals surface area contributed by atoms with E-state index in [4.69, 9.17) is 0 Å². The normalized spacial score (nSPS) is 25.9. The molecule has 1 saturated heterocycles. The van der Waals surface area contributed by atoms with Crippen molar-refractivity contribution in [1.82, 2.24) is 10.2 Å². The molecular formula is C18H30N2. The molecule has 0 aliphatic carbocycles. The average Bonchev–Trinajstić information content (AvgIpc) is 2.46. The number of rotatable bonds is 5. The van der Waals surface area contributed by atoms with Crippen molar-refractivity contribution in [2.45, 2.75) is 52.1 Å². The van der Waals surface area contributed by atoms with E-state index in [9.17, 15) is 0 Å². The summed E-state index contributed by atoms with van der Waals surface area (Å²) in [5.74, 6) is 1.37.